The number of hydrogen-bond donors (Lipinski definition) is 1. The van der Waals surface area contributed by atoms with Crippen LogP contribution in [0, 0.1) is 0 Å². The largest absolute Gasteiger partial charge is 0.494 e. The van der Waals surface area contributed by atoms with Crippen LogP contribution >= 0.6 is 0 Å². The average Bonchev–Trinajstić information content (AvgIpc) is 2.56. The number of nitrogens with one attached hydrogen (secondary N) is 1. The minimum Gasteiger partial charge on any atom is -0.494 e. The first-order chi connectivity index (χ1) is 12.3. The minimum absolute atomic E-state index is 0.0956. The van der Waals surface area contributed by atoms with Crippen molar-refractivity contribution in [2.75, 3.05) is 32.0 Å². The van der Waals surface area contributed by atoms with E-state index in [-0.39, 0.29) is 36.8 Å². The van der Waals surface area contributed by atoms with Crippen molar-refractivity contribution in [2.45, 2.75) is 39.4 Å². The van der Waals surface area contributed by atoms with Crippen LogP contribution in [-0.4, -0.2) is 62.8 Å². The molecule has 2 unspecified atom stereocenters. The molecule has 8 heteroatoms. The summed E-state index contributed by atoms with van der Waals surface area (Å²) in [7, 11) is -3.41. The van der Waals surface area contributed by atoms with Gasteiger partial charge in [-0.3, -0.25) is 4.79 Å². The Morgan fingerprint density at radius 2 is 1.85 bits per heavy atom. The highest BCUT2D eigenvalue weighted by Crippen LogP contribution is 2.15. The van der Waals surface area contributed by atoms with Gasteiger partial charge in [-0.1, -0.05) is 12.1 Å². The third-order valence-electron chi connectivity index (χ3n) is 4.06. The molecule has 1 N–H and O–H groups in total. The molecule has 0 aliphatic carbocycles. The van der Waals surface area contributed by atoms with Crippen molar-refractivity contribution < 1.29 is 22.7 Å². The molecule has 1 fully saturated rings. The van der Waals surface area contributed by atoms with E-state index in [2.05, 4.69) is 5.32 Å². The van der Waals surface area contributed by atoms with Crippen LogP contribution in [0.4, 0.5) is 0 Å². The van der Waals surface area contributed by atoms with Crippen LogP contribution in [0.3, 0.4) is 0 Å². The fourth-order valence-electron chi connectivity index (χ4n) is 2.92. The van der Waals surface area contributed by atoms with Crippen LogP contribution in [-0.2, 0) is 26.0 Å². The Balaban J connectivity index is 1.78. The fourth-order valence-corrected chi connectivity index (χ4v) is 4.42. The number of carbonyl (C=O) groups is 1. The molecule has 7 nitrogen and oxygen atoms in total. The van der Waals surface area contributed by atoms with E-state index in [9.17, 15) is 13.2 Å². The van der Waals surface area contributed by atoms with Gasteiger partial charge in [0.2, 0.25) is 15.9 Å². The van der Waals surface area contributed by atoms with Crippen molar-refractivity contribution in [3.8, 4) is 5.75 Å². The van der Waals surface area contributed by atoms with Gasteiger partial charge in [-0.15, -0.1) is 0 Å². The Morgan fingerprint density at radius 3 is 2.42 bits per heavy atom. The molecule has 146 valence electrons. The number of benzene rings is 1. The van der Waals surface area contributed by atoms with Gasteiger partial charge in [0.1, 0.15) is 5.75 Å². The van der Waals surface area contributed by atoms with Crippen molar-refractivity contribution in [1.29, 1.82) is 0 Å². The summed E-state index contributed by atoms with van der Waals surface area (Å²) in [6.45, 7) is 7.02. The summed E-state index contributed by atoms with van der Waals surface area (Å²) in [5.74, 6) is 0.450. The highest BCUT2D eigenvalue weighted by atomic mass is 32.2. The second kappa shape index (κ2) is 9.34. The highest BCUT2D eigenvalue weighted by Gasteiger charge is 2.30. The fraction of sp³-hybridized carbons (Fsp3) is 0.611. The second-order valence-electron chi connectivity index (χ2n) is 6.49. The van der Waals surface area contributed by atoms with Crippen LogP contribution in [0.5, 0.6) is 5.75 Å². The van der Waals surface area contributed by atoms with Gasteiger partial charge in [0.25, 0.3) is 0 Å². The van der Waals surface area contributed by atoms with Crippen molar-refractivity contribution in [1.82, 2.24) is 9.62 Å². The van der Waals surface area contributed by atoms with E-state index >= 15 is 0 Å². The highest BCUT2D eigenvalue weighted by molar-refractivity contribution is 7.89. The lowest BCUT2D eigenvalue weighted by molar-refractivity contribution is -0.120. The summed E-state index contributed by atoms with van der Waals surface area (Å²) >= 11 is 0. The van der Waals surface area contributed by atoms with Crippen molar-refractivity contribution in [2.24, 2.45) is 0 Å². The molecule has 2 atom stereocenters. The molecule has 1 aliphatic heterocycles. The zero-order valence-electron chi connectivity index (χ0n) is 15.6. The molecule has 2 rings (SSSR count). The third kappa shape index (κ3) is 6.26. The molecular formula is C18H28N2O5S. The summed E-state index contributed by atoms with van der Waals surface area (Å²) < 4.78 is 37.2. The Kier molecular flexibility index (Phi) is 7.43. The molecule has 0 radical (unpaired) electrons. The number of hydrogen-bond acceptors (Lipinski definition) is 5. The molecule has 1 aliphatic rings. The molecule has 1 amide bonds. The lowest BCUT2D eigenvalue weighted by atomic mass is 10.1. The van der Waals surface area contributed by atoms with Gasteiger partial charge >= 0.3 is 0 Å². The Hall–Kier alpha value is -1.64. The summed E-state index contributed by atoms with van der Waals surface area (Å²) in [4.78, 5) is 12.0. The zero-order chi connectivity index (χ0) is 19.2. The van der Waals surface area contributed by atoms with E-state index in [4.69, 9.17) is 9.47 Å². The lowest BCUT2D eigenvalue weighted by Gasteiger charge is -2.34. The van der Waals surface area contributed by atoms with Crippen LogP contribution < -0.4 is 10.1 Å². The second-order valence-corrected chi connectivity index (χ2v) is 8.58. The number of nitrogens with zero attached hydrogens (tertiary/aromatic N) is 1. The quantitative estimate of drug-likeness (QED) is 0.728. The van der Waals surface area contributed by atoms with E-state index in [0.29, 0.717) is 19.7 Å². The van der Waals surface area contributed by atoms with Crippen LogP contribution in [0.25, 0.3) is 0 Å². The molecule has 0 bridgehead atoms. The summed E-state index contributed by atoms with van der Waals surface area (Å²) in [6, 6.07) is 7.30. The molecule has 0 spiro atoms. The first-order valence-corrected chi connectivity index (χ1v) is 10.5. The molecular weight excluding hydrogens is 356 g/mol. The van der Waals surface area contributed by atoms with E-state index in [1.165, 1.54) is 4.31 Å². The number of morpholine rings is 1. The van der Waals surface area contributed by atoms with Gasteiger partial charge in [0, 0.05) is 19.6 Å². The van der Waals surface area contributed by atoms with E-state index < -0.39 is 10.0 Å². The topological polar surface area (TPSA) is 84.9 Å². The monoisotopic (exact) mass is 384 g/mol. The van der Waals surface area contributed by atoms with Gasteiger partial charge in [-0.25, -0.2) is 8.42 Å². The molecule has 1 heterocycles. The maximum Gasteiger partial charge on any atom is 0.224 e. The predicted molar refractivity (Wildman–Crippen MR) is 99.7 cm³/mol. The van der Waals surface area contributed by atoms with Crippen molar-refractivity contribution in [3.63, 3.8) is 0 Å². The zero-order valence-corrected chi connectivity index (χ0v) is 16.4. The van der Waals surface area contributed by atoms with Gasteiger partial charge in [-0.2, -0.15) is 4.31 Å². The Bertz CT molecular complexity index is 680. The van der Waals surface area contributed by atoms with Gasteiger partial charge in [-0.05, 0) is 38.5 Å². The van der Waals surface area contributed by atoms with E-state index in [1.807, 2.05) is 45.0 Å². The summed E-state index contributed by atoms with van der Waals surface area (Å²) in [5, 5.41) is 2.68. The van der Waals surface area contributed by atoms with E-state index in [1.54, 1.807) is 0 Å². The van der Waals surface area contributed by atoms with Crippen molar-refractivity contribution in [3.05, 3.63) is 29.8 Å². The van der Waals surface area contributed by atoms with Crippen LogP contribution in [0.15, 0.2) is 24.3 Å². The number of rotatable bonds is 8. The first-order valence-electron chi connectivity index (χ1n) is 8.92. The van der Waals surface area contributed by atoms with Crippen LogP contribution in [0.2, 0.25) is 0 Å². The summed E-state index contributed by atoms with van der Waals surface area (Å²) in [5.41, 5.74) is 0.852. The summed E-state index contributed by atoms with van der Waals surface area (Å²) in [6.07, 6.45) is -0.0384. The first kappa shape index (κ1) is 20.7. The SMILES string of the molecule is CCOc1ccc(CC(=O)NCCS(=O)(=O)N2CC(C)OC(C)C2)cc1. The Labute approximate surface area is 155 Å². The number of sulfonamides is 1. The van der Waals surface area contributed by atoms with E-state index in [0.717, 1.165) is 11.3 Å². The number of amides is 1. The molecule has 1 aromatic rings. The number of ether oxygens (including phenoxy) is 2. The van der Waals surface area contributed by atoms with Crippen molar-refractivity contribution >= 4 is 15.9 Å². The minimum atomic E-state index is -3.41. The van der Waals surface area contributed by atoms with Gasteiger partial charge < -0.3 is 14.8 Å². The average molecular weight is 384 g/mol. The predicted octanol–water partition coefficient (Wildman–Crippen LogP) is 1.18. The normalized spacial score (nSPS) is 21.3. The van der Waals surface area contributed by atoms with Gasteiger partial charge in [0.15, 0.2) is 0 Å². The third-order valence-corrected chi connectivity index (χ3v) is 5.87. The smallest absolute Gasteiger partial charge is 0.224 e. The lowest BCUT2D eigenvalue weighted by Crippen LogP contribution is -2.49. The number of carbonyl (C=O) groups excluding carboxylic acids is 1. The van der Waals surface area contributed by atoms with Gasteiger partial charge in [0.05, 0.1) is 31.0 Å². The molecule has 26 heavy (non-hydrogen) atoms. The Morgan fingerprint density at radius 1 is 1.23 bits per heavy atom. The molecule has 1 aromatic carbocycles. The maximum atomic E-state index is 12.4. The standard InChI is InChI=1S/C18H28N2O5S/c1-4-24-17-7-5-16(6-8-17)11-18(21)19-9-10-26(22,23)20-12-14(2)25-15(3)13-20/h5-8,14-15H,4,9-13H2,1-3H3,(H,19,21). The molecule has 0 saturated carbocycles. The molecule has 1 saturated heterocycles. The van der Waals surface area contributed by atoms with Crippen LogP contribution in [0.1, 0.15) is 26.3 Å². The molecule has 0 aromatic heterocycles. The maximum absolute atomic E-state index is 12.4.